The van der Waals surface area contributed by atoms with Gasteiger partial charge in [-0.2, -0.15) is 5.26 Å². The van der Waals surface area contributed by atoms with Crippen LogP contribution in [0.2, 0.25) is 0 Å². The zero-order valence-electron chi connectivity index (χ0n) is 16.1. The van der Waals surface area contributed by atoms with Crippen LogP contribution < -0.4 is 10.6 Å². The molecule has 0 spiro atoms. The molecule has 6 nitrogen and oxygen atoms in total. The SMILES string of the molecule is Cc1ccc(NC(=O)c2cccc(C#N)c2)cc1Nc1nc(-c2cccnc2)cs1. The van der Waals surface area contributed by atoms with E-state index in [2.05, 4.69) is 20.6 Å². The number of amides is 1. The predicted octanol–water partition coefficient (Wildman–Crippen LogP) is 5.38. The molecular formula is C23H17N5OS. The van der Waals surface area contributed by atoms with Crippen LogP contribution in [-0.2, 0) is 0 Å². The van der Waals surface area contributed by atoms with Gasteiger partial charge in [0, 0.05) is 40.3 Å². The van der Waals surface area contributed by atoms with Crippen molar-refractivity contribution in [2.75, 3.05) is 10.6 Å². The molecule has 0 aliphatic carbocycles. The monoisotopic (exact) mass is 411 g/mol. The zero-order valence-corrected chi connectivity index (χ0v) is 16.9. The van der Waals surface area contributed by atoms with Gasteiger partial charge in [-0.15, -0.1) is 11.3 Å². The van der Waals surface area contributed by atoms with Crippen LogP contribution in [0.1, 0.15) is 21.5 Å². The number of carbonyl (C=O) groups is 1. The second-order valence-electron chi connectivity index (χ2n) is 6.58. The number of benzene rings is 2. The summed E-state index contributed by atoms with van der Waals surface area (Å²) in [6.45, 7) is 1.99. The highest BCUT2D eigenvalue weighted by Crippen LogP contribution is 2.29. The van der Waals surface area contributed by atoms with Gasteiger partial charge in [-0.3, -0.25) is 9.78 Å². The van der Waals surface area contributed by atoms with E-state index in [0.29, 0.717) is 16.8 Å². The highest BCUT2D eigenvalue weighted by Gasteiger charge is 2.10. The van der Waals surface area contributed by atoms with Crippen LogP contribution in [0.5, 0.6) is 0 Å². The minimum Gasteiger partial charge on any atom is -0.331 e. The minimum absolute atomic E-state index is 0.269. The first kappa shape index (κ1) is 19.3. The molecular weight excluding hydrogens is 394 g/mol. The lowest BCUT2D eigenvalue weighted by atomic mass is 10.1. The van der Waals surface area contributed by atoms with Gasteiger partial charge in [0.1, 0.15) is 0 Å². The smallest absolute Gasteiger partial charge is 0.255 e. The van der Waals surface area contributed by atoms with Crippen LogP contribution in [0.15, 0.2) is 72.4 Å². The molecule has 0 aliphatic rings. The molecule has 2 N–H and O–H groups in total. The molecule has 0 saturated heterocycles. The molecule has 4 rings (SSSR count). The van der Waals surface area contributed by atoms with Gasteiger partial charge < -0.3 is 10.6 Å². The van der Waals surface area contributed by atoms with Gasteiger partial charge in [-0.1, -0.05) is 12.1 Å². The number of hydrogen-bond acceptors (Lipinski definition) is 6. The Morgan fingerprint density at radius 1 is 1.13 bits per heavy atom. The fourth-order valence-electron chi connectivity index (χ4n) is 2.86. The summed E-state index contributed by atoms with van der Waals surface area (Å²) >= 11 is 1.50. The highest BCUT2D eigenvalue weighted by molar-refractivity contribution is 7.14. The zero-order chi connectivity index (χ0) is 20.9. The van der Waals surface area contributed by atoms with E-state index in [1.54, 1.807) is 36.7 Å². The summed E-state index contributed by atoms with van der Waals surface area (Å²) in [6, 6.07) is 18.1. The van der Waals surface area contributed by atoms with E-state index in [-0.39, 0.29) is 5.91 Å². The molecule has 0 fully saturated rings. The normalized spacial score (nSPS) is 10.3. The van der Waals surface area contributed by atoms with Gasteiger partial charge >= 0.3 is 0 Å². The minimum atomic E-state index is -0.269. The van der Waals surface area contributed by atoms with Crippen LogP contribution in [0.3, 0.4) is 0 Å². The Hall–Kier alpha value is -4.02. The molecule has 30 heavy (non-hydrogen) atoms. The second-order valence-corrected chi connectivity index (χ2v) is 7.44. The number of rotatable bonds is 5. The fraction of sp³-hybridized carbons (Fsp3) is 0.0435. The number of aryl methyl sites for hydroxylation is 1. The molecule has 2 aromatic carbocycles. The van der Waals surface area contributed by atoms with E-state index >= 15 is 0 Å². The fourth-order valence-corrected chi connectivity index (χ4v) is 3.59. The third-order valence-electron chi connectivity index (χ3n) is 4.45. The molecule has 0 radical (unpaired) electrons. The van der Waals surface area contributed by atoms with E-state index in [0.717, 1.165) is 27.6 Å². The molecule has 2 heterocycles. The second kappa shape index (κ2) is 8.55. The van der Waals surface area contributed by atoms with Crippen molar-refractivity contribution in [3.8, 4) is 17.3 Å². The van der Waals surface area contributed by atoms with Crippen molar-refractivity contribution in [3.05, 3.63) is 89.1 Å². The van der Waals surface area contributed by atoms with Crippen LogP contribution >= 0.6 is 11.3 Å². The summed E-state index contributed by atoms with van der Waals surface area (Å²) in [5.74, 6) is -0.269. The Bertz CT molecular complexity index is 1240. The number of hydrogen-bond donors (Lipinski definition) is 2. The van der Waals surface area contributed by atoms with E-state index < -0.39 is 0 Å². The lowest BCUT2D eigenvalue weighted by molar-refractivity contribution is 0.102. The molecule has 4 aromatic rings. The van der Waals surface area contributed by atoms with E-state index in [9.17, 15) is 4.79 Å². The number of carbonyl (C=O) groups excluding carboxylic acids is 1. The topological polar surface area (TPSA) is 90.7 Å². The van der Waals surface area contributed by atoms with Crippen LogP contribution in [0.25, 0.3) is 11.3 Å². The molecule has 0 unspecified atom stereocenters. The molecule has 146 valence electrons. The van der Waals surface area contributed by atoms with Crippen LogP contribution in [0.4, 0.5) is 16.5 Å². The highest BCUT2D eigenvalue weighted by atomic mass is 32.1. The number of anilines is 3. The maximum absolute atomic E-state index is 12.5. The van der Waals surface area contributed by atoms with Gasteiger partial charge in [-0.05, 0) is 55.0 Å². The van der Waals surface area contributed by atoms with Crippen LogP contribution in [0, 0.1) is 18.3 Å². The average molecular weight is 411 g/mol. The Morgan fingerprint density at radius 3 is 2.83 bits per heavy atom. The summed E-state index contributed by atoms with van der Waals surface area (Å²) in [5.41, 5.74) is 5.23. The molecule has 0 aliphatic heterocycles. The standard InChI is InChI=1S/C23H17N5OS/c1-15-7-8-19(26-22(29)17-5-2-4-16(10-17)12-24)11-20(15)27-23-28-21(14-30-23)18-6-3-9-25-13-18/h2-11,13-14H,1H3,(H,26,29)(H,27,28). The Kier molecular flexibility index (Phi) is 5.50. The molecule has 0 bridgehead atoms. The van der Waals surface area contributed by atoms with Gasteiger partial charge in [0.05, 0.1) is 17.3 Å². The lowest BCUT2D eigenvalue weighted by Crippen LogP contribution is -2.12. The first-order valence-corrected chi connectivity index (χ1v) is 10.1. The van der Waals surface area contributed by atoms with Gasteiger partial charge in [0.2, 0.25) is 0 Å². The van der Waals surface area contributed by atoms with Crippen molar-refractivity contribution in [1.82, 2.24) is 9.97 Å². The Morgan fingerprint density at radius 2 is 2.03 bits per heavy atom. The lowest BCUT2D eigenvalue weighted by Gasteiger charge is -2.11. The summed E-state index contributed by atoms with van der Waals surface area (Å²) in [7, 11) is 0. The number of pyridine rings is 1. The van der Waals surface area contributed by atoms with E-state index in [1.165, 1.54) is 11.3 Å². The van der Waals surface area contributed by atoms with Crippen molar-refractivity contribution in [3.63, 3.8) is 0 Å². The van der Waals surface area contributed by atoms with Crippen LogP contribution in [-0.4, -0.2) is 15.9 Å². The molecule has 7 heteroatoms. The summed E-state index contributed by atoms with van der Waals surface area (Å²) in [6.07, 6.45) is 3.51. The van der Waals surface area contributed by atoms with Crippen molar-refractivity contribution >= 4 is 33.8 Å². The van der Waals surface area contributed by atoms with Crippen molar-refractivity contribution in [2.24, 2.45) is 0 Å². The third kappa shape index (κ3) is 4.35. The quantitative estimate of drug-likeness (QED) is 0.460. The number of thiazole rings is 1. The summed E-state index contributed by atoms with van der Waals surface area (Å²) < 4.78 is 0. The Balaban J connectivity index is 1.52. The first-order chi connectivity index (χ1) is 14.6. The van der Waals surface area contributed by atoms with Crippen molar-refractivity contribution in [2.45, 2.75) is 6.92 Å². The number of nitrogens with one attached hydrogen (secondary N) is 2. The Labute approximate surface area is 177 Å². The number of nitrogens with zero attached hydrogens (tertiary/aromatic N) is 3. The summed E-state index contributed by atoms with van der Waals surface area (Å²) in [5, 5.41) is 18.0. The summed E-state index contributed by atoms with van der Waals surface area (Å²) in [4.78, 5) is 21.3. The molecule has 0 atom stereocenters. The number of aromatic nitrogens is 2. The predicted molar refractivity (Wildman–Crippen MR) is 119 cm³/mol. The van der Waals surface area contributed by atoms with Gasteiger partial charge in [-0.25, -0.2) is 4.98 Å². The first-order valence-electron chi connectivity index (χ1n) is 9.17. The van der Waals surface area contributed by atoms with Crippen molar-refractivity contribution in [1.29, 1.82) is 5.26 Å². The van der Waals surface area contributed by atoms with Crippen molar-refractivity contribution < 1.29 is 4.79 Å². The maximum atomic E-state index is 12.5. The number of nitriles is 1. The third-order valence-corrected chi connectivity index (χ3v) is 5.21. The molecule has 1 amide bonds. The van der Waals surface area contributed by atoms with E-state index in [1.807, 2.05) is 48.7 Å². The molecule has 0 saturated carbocycles. The average Bonchev–Trinajstić information content (AvgIpc) is 3.25. The van der Waals surface area contributed by atoms with Gasteiger partial charge in [0.15, 0.2) is 5.13 Å². The maximum Gasteiger partial charge on any atom is 0.255 e. The van der Waals surface area contributed by atoms with Gasteiger partial charge in [0.25, 0.3) is 5.91 Å². The molecule has 2 aromatic heterocycles. The van der Waals surface area contributed by atoms with E-state index in [4.69, 9.17) is 5.26 Å². The largest absolute Gasteiger partial charge is 0.331 e.